The molecule has 3 aliphatic rings. The Bertz CT molecular complexity index is 1280. The Morgan fingerprint density at radius 2 is 1.97 bits per heavy atom. The standard InChI is InChI=1S/C28H32FN5O2/c1-18-11-20-15-31-26(32-27(35)22-14-21(22)23-5-3-4-6-30-23)13-19(20)12-24(18)33-7-9-34(10-8-33)28(2)17-36-16-25(28)29/h3-6,11-13,15,21-22,25H,7-10,14,16-17H2,1-2H3,(H,31,32,35)/t21-,22-,25-,28+/m1/s1. The molecule has 3 aromatic rings. The van der Waals surface area contributed by atoms with E-state index in [1.807, 2.05) is 37.4 Å². The number of piperazine rings is 1. The molecule has 2 saturated heterocycles. The SMILES string of the molecule is Cc1cc2cnc(NC(=O)[C@@H]3C[C@H]3c3ccccn3)cc2cc1N1CCN([C@@]2(C)COC[C@H]2F)CC1. The second kappa shape index (κ2) is 9.09. The topological polar surface area (TPSA) is 70.6 Å². The number of aromatic nitrogens is 2. The average Bonchev–Trinajstić information content (AvgIpc) is 3.63. The Morgan fingerprint density at radius 1 is 1.14 bits per heavy atom. The van der Waals surface area contributed by atoms with Crippen molar-refractivity contribution in [2.75, 3.05) is 49.6 Å². The summed E-state index contributed by atoms with van der Waals surface area (Å²) in [4.78, 5) is 26.3. The molecule has 0 radical (unpaired) electrons. The highest BCUT2D eigenvalue weighted by Gasteiger charge is 2.46. The number of hydrogen-bond donors (Lipinski definition) is 1. The number of anilines is 2. The van der Waals surface area contributed by atoms with Crippen molar-refractivity contribution >= 4 is 28.2 Å². The number of aryl methyl sites for hydroxylation is 1. The number of benzene rings is 1. The first-order valence-corrected chi connectivity index (χ1v) is 12.8. The Labute approximate surface area is 210 Å². The van der Waals surface area contributed by atoms with E-state index in [-0.39, 0.29) is 24.3 Å². The summed E-state index contributed by atoms with van der Waals surface area (Å²) in [5.41, 5.74) is 2.80. The van der Waals surface area contributed by atoms with Gasteiger partial charge in [-0.1, -0.05) is 6.07 Å². The normalized spacial score (nSPS) is 28.4. The number of ether oxygens (including phenoxy) is 1. The largest absolute Gasteiger partial charge is 0.376 e. The molecule has 2 aromatic heterocycles. The van der Waals surface area contributed by atoms with Gasteiger partial charge >= 0.3 is 0 Å². The molecule has 4 atom stereocenters. The summed E-state index contributed by atoms with van der Waals surface area (Å²) in [6.07, 6.45) is 3.47. The maximum absolute atomic E-state index is 14.5. The van der Waals surface area contributed by atoms with Crippen molar-refractivity contribution in [3.8, 4) is 0 Å². The van der Waals surface area contributed by atoms with E-state index in [0.29, 0.717) is 12.4 Å². The number of alkyl halides is 1. The van der Waals surface area contributed by atoms with Crippen LogP contribution in [0.5, 0.6) is 0 Å². The predicted molar refractivity (Wildman–Crippen MR) is 138 cm³/mol. The van der Waals surface area contributed by atoms with Gasteiger partial charge in [-0.15, -0.1) is 0 Å². The van der Waals surface area contributed by atoms with E-state index in [2.05, 4.69) is 44.1 Å². The molecule has 1 N–H and O–H groups in total. The summed E-state index contributed by atoms with van der Waals surface area (Å²) < 4.78 is 19.9. The second-order valence-electron chi connectivity index (χ2n) is 10.6. The lowest BCUT2D eigenvalue weighted by Crippen LogP contribution is -2.59. The monoisotopic (exact) mass is 489 g/mol. The van der Waals surface area contributed by atoms with E-state index < -0.39 is 11.7 Å². The highest BCUT2D eigenvalue weighted by molar-refractivity contribution is 5.97. The molecule has 8 heteroatoms. The first-order valence-electron chi connectivity index (χ1n) is 12.8. The Morgan fingerprint density at radius 3 is 2.69 bits per heavy atom. The molecular formula is C28H32FN5O2. The van der Waals surface area contributed by atoms with E-state index in [0.717, 1.165) is 49.1 Å². The van der Waals surface area contributed by atoms with Crippen LogP contribution in [0.4, 0.5) is 15.9 Å². The van der Waals surface area contributed by atoms with E-state index in [1.165, 1.54) is 11.3 Å². The van der Waals surface area contributed by atoms with Crippen LogP contribution < -0.4 is 10.2 Å². The lowest BCUT2D eigenvalue weighted by atomic mass is 9.96. The van der Waals surface area contributed by atoms with Crippen LogP contribution in [-0.2, 0) is 9.53 Å². The van der Waals surface area contributed by atoms with Crippen molar-refractivity contribution < 1.29 is 13.9 Å². The Kier molecular flexibility index (Phi) is 5.88. The van der Waals surface area contributed by atoms with Crippen LogP contribution in [-0.4, -0.2) is 71.9 Å². The number of nitrogens with one attached hydrogen (secondary N) is 1. The van der Waals surface area contributed by atoms with Gasteiger partial charge in [-0.25, -0.2) is 9.37 Å². The molecule has 0 spiro atoms. The van der Waals surface area contributed by atoms with Crippen molar-refractivity contribution in [2.24, 2.45) is 5.92 Å². The smallest absolute Gasteiger partial charge is 0.229 e. The number of carbonyl (C=O) groups excluding carboxylic acids is 1. The Hall–Kier alpha value is -3.10. The molecule has 188 valence electrons. The molecule has 3 fully saturated rings. The fourth-order valence-corrected chi connectivity index (χ4v) is 5.72. The van der Waals surface area contributed by atoms with Crippen LogP contribution >= 0.6 is 0 Å². The van der Waals surface area contributed by atoms with E-state index in [9.17, 15) is 9.18 Å². The molecule has 4 heterocycles. The van der Waals surface area contributed by atoms with Gasteiger partial charge in [-0.2, -0.15) is 0 Å². The molecule has 1 aromatic carbocycles. The summed E-state index contributed by atoms with van der Waals surface area (Å²) in [6.45, 7) is 8.00. The molecule has 6 rings (SSSR count). The lowest BCUT2D eigenvalue weighted by molar-refractivity contribution is -0.117. The minimum Gasteiger partial charge on any atom is -0.376 e. The number of halogens is 1. The quantitative estimate of drug-likeness (QED) is 0.586. The molecule has 1 aliphatic carbocycles. The molecule has 36 heavy (non-hydrogen) atoms. The van der Waals surface area contributed by atoms with Crippen molar-refractivity contribution in [3.05, 3.63) is 60.0 Å². The van der Waals surface area contributed by atoms with E-state index in [4.69, 9.17) is 4.74 Å². The molecule has 1 amide bonds. The summed E-state index contributed by atoms with van der Waals surface area (Å²) in [5.74, 6) is 0.696. The van der Waals surface area contributed by atoms with Crippen LogP contribution in [0.15, 0.2) is 48.8 Å². The van der Waals surface area contributed by atoms with Gasteiger partial charge in [-0.05, 0) is 61.5 Å². The second-order valence-corrected chi connectivity index (χ2v) is 10.6. The van der Waals surface area contributed by atoms with Crippen molar-refractivity contribution in [1.82, 2.24) is 14.9 Å². The van der Waals surface area contributed by atoms with Gasteiger partial charge in [0.05, 0.1) is 18.8 Å². The van der Waals surface area contributed by atoms with Crippen LogP contribution in [0.25, 0.3) is 10.8 Å². The highest BCUT2D eigenvalue weighted by atomic mass is 19.1. The first kappa shape index (κ1) is 23.3. The number of pyridine rings is 2. The van der Waals surface area contributed by atoms with Gasteiger partial charge in [0.15, 0.2) is 0 Å². The molecule has 7 nitrogen and oxygen atoms in total. The van der Waals surface area contributed by atoms with Crippen LogP contribution in [0.2, 0.25) is 0 Å². The van der Waals surface area contributed by atoms with Gasteiger partial charge in [0.1, 0.15) is 12.0 Å². The number of fused-ring (bicyclic) bond motifs is 1. The number of nitrogens with zero attached hydrogens (tertiary/aromatic N) is 4. The van der Waals surface area contributed by atoms with Crippen LogP contribution in [0.1, 0.15) is 30.5 Å². The van der Waals surface area contributed by atoms with Gasteiger partial charge in [0.25, 0.3) is 0 Å². The molecule has 0 bridgehead atoms. The zero-order chi connectivity index (χ0) is 24.9. The third-order valence-electron chi connectivity index (χ3n) is 8.16. The number of amides is 1. The zero-order valence-electron chi connectivity index (χ0n) is 20.8. The number of rotatable bonds is 5. The number of hydrogen-bond acceptors (Lipinski definition) is 6. The lowest BCUT2D eigenvalue weighted by Gasteiger charge is -2.45. The predicted octanol–water partition coefficient (Wildman–Crippen LogP) is 3.93. The fraction of sp³-hybridized carbons (Fsp3) is 0.464. The van der Waals surface area contributed by atoms with Crippen LogP contribution in [0, 0.1) is 12.8 Å². The maximum atomic E-state index is 14.5. The van der Waals surface area contributed by atoms with Gasteiger partial charge < -0.3 is 15.0 Å². The van der Waals surface area contributed by atoms with Gasteiger partial charge in [0.2, 0.25) is 5.91 Å². The maximum Gasteiger partial charge on any atom is 0.229 e. The Balaban J connectivity index is 1.15. The summed E-state index contributed by atoms with van der Waals surface area (Å²) in [5, 5.41) is 5.09. The average molecular weight is 490 g/mol. The zero-order valence-corrected chi connectivity index (χ0v) is 20.8. The van der Waals surface area contributed by atoms with E-state index >= 15 is 0 Å². The van der Waals surface area contributed by atoms with Gasteiger partial charge in [-0.3, -0.25) is 14.7 Å². The summed E-state index contributed by atoms with van der Waals surface area (Å²) >= 11 is 0. The third-order valence-corrected chi connectivity index (χ3v) is 8.16. The summed E-state index contributed by atoms with van der Waals surface area (Å²) in [7, 11) is 0. The molecule has 0 unspecified atom stereocenters. The van der Waals surface area contributed by atoms with Crippen molar-refractivity contribution in [1.29, 1.82) is 0 Å². The molecule has 2 aliphatic heterocycles. The third kappa shape index (κ3) is 4.22. The number of carbonyl (C=O) groups is 1. The molecular weight excluding hydrogens is 457 g/mol. The highest BCUT2D eigenvalue weighted by Crippen LogP contribution is 2.47. The first-order chi connectivity index (χ1) is 17.4. The fourth-order valence-electron chi connectivity index (χ4n) is 5.72. The van der Waals surface area contributed by atoms with Crippen LogP contribution in [0.3, 0.4) is 0 Å². The minimum atomic E-state index is -0.942. The van der Waals surface area contributed by atoms with E-state index in [1.54, 1.807) is 6.20 Å². The summed E-state index contributed by atoms with van der Waals surface area (Å²) in [6, 6.07) is 12.1. The van der Waals surface area contributed by atoms with Gasteiger partial charge in [0, 0.05) is 67.2 Å². The molecule has 1 saturated carbocycles. The minimum absolute atomic E-state index is 0.00323. The van der Waals surface area contributed by atoms with Crippen molar-refractivity contribution in [2.45, 2.75) is 37.9 Å². The van der Waals surface area contributed by atoms with Crippen molar-refractivity contribution in [3.63, 3.8) is 0 Å².